The maximum absolute atomic E-state index is 13.5. The van der Waals surface area contributed by atoms with Crippen LogP contribution in [0.5, 0.6) is 0 Å². The number of amides is 1. The highest BCUT2D eigenvalue weighted by molar-refractivity contribution is 6.23. The van der Waals surface area contributed by atoms with Crippen molar-refractivity contribution in [2.24, 2.45) is 0 Å². The summed E-state index contributed by atoms with van der Waals surface area (Å²) in [5, 5.41) is 0. The van der Waals surface area contributed by atoms with Gasteiger partial charge in [0.05, 0.1) is 5.56 Å². The normalized spacial score (nSPS) is 17.5. The lowest BCUT2D eigenvalue weighted by atomic mass is 9.98. The molecule has 0 fully saturated rings. The van der Waals surface area contributed by atoms with Gasteiger partial charge in [-0.2, -0.15) is 0 Å². The Morgan fingerprint density at radius 2 is 1.93 bits per heavy atom. The second-order valence-corrected chi connectivity index (χ2v) is 8.18. The number of anilines is 1. The molecule has 4 rings (SSSR count). The molecular weight excluding hydrogens is 360 g/mol. The molecule has 29 heavy (non-hydrogen) atoms. The molecule has 1 amide bonds. The van der Waals surface area contributed by atoms with Crippen LogP contribution in [0.4, 0.5) is 5.69 Å². The van der Waals surface area contributed by atoms with E-state index in [1.54, 1.807) is 12.1 Å². The number of carbonyl (C=O) groups excluding carboxylic acids is 2. The molecule has 0 N–H and O–H groups in total. The molecule has 0 aromatic heterocycles. The standard InChI is InChI=1S/C25H28N2O2/c1-4-13-26(3)14-12-18-16-27(22-11-6-5-8-20(18)22)25(29)21-10-7-9-19-17(2)15-23(28)24(19)21/h5-11,15,18H,4,12-14,16H2,1-3H3. The second-order valence-electron chi connectivity index (χ2n) is 8.18. The van der Waals surface area contributed by atoms with E-state index in [-0.39, 0.29) is 11.7 Å². The van der Waals surface area contributed by atoms with Crippen molar-refractivity contribution in [2.75, 3.05) is 31.6 Å². The van der Waals surface area contributed by atoms with E-state index in [0.29, 0.717) is 23.6 Å². The zero-order chi connectivity index (χ0) is 20.5. The van der Waals surface area contributed by atoms with E-state index >= 15 is 0 Å². The molecule has 4 heteroatoms. The van der Waals surface area contributed by atoms with Gasteiger partial charge in [-0.05, 0) is 74.8 Å². The van der Waals surface area contributed by atoms with E-state index in [1.807, 2.05) is 42.2 Å². The van der Waals surface area contributed by atoms with Crippen molar-refractivity contribution in [2.45, 2.75) is 32.6 Å². The van der Waals surface area contributed by atoms with E-state index in [9.17, 15) is 9.59 Å². The van der Waals surface area contributed by atoms with Crippen LogP contribution in [-0.4, -0.2) is 43.3 Å². The van der Waals surface area contributed by atoms with E-state index in [4.69, 9.17) is 0 Å². The highest BCUT2D eigenvalue weighted by atomic mass is 16.2. The molecule has 4 nitrogen and oxygen atoms in total. The summed E-state index contributed by atoms with van der Waals surface area (Å²) < 4.78 is 0. The number of para-hydroxylation sites is 1. The van der Waals surface area contributed by atoms with Crippen LogP contribution in [0.15, 0.2) is 48.5 Å². The molecule has 1 aliphatic heterocycles. The molecule has 1 aliphatic carbocycles. The quantitative estimate of drug-likeness (QED) is 0.716. The summed E-state index contributed by atoms with van der Waals surface area (Å²) in [4.78, 5) is 30.3. The van der Waals surface area contributed by atoms with Gasteiger partial charge in [0.2, 0.25) is 0 Å². The third-order valence-electron chi connectivity index (χ3n) is 6.09. The summed E-state index contributed by atoms with van der Waals surface area (Å²) >= 11 is 0. The lowest BCUT2D eigenvalue weighted by molar-refractivity contribution is 0.0974. The first-order valence-electron chi connectivity index (χ1n) is 10.5. The number of carbonyl (C=O) groups is 2. The van der Waals surface area contributed by atoms with Crippen molar-refractivity contribution in [3.05, 3.63) is 70.8 Å². The second kappa shape index (κ2) is 7.96. The Kier molecular flexibility index (Phi) is 5.37. The minimum atomic E-state index is -0.0739. The molecular formula is C25H28N2O2. The third kappa shape index (κ3) is 3.53. The summed E-state index contributed by atoms with van der Waals surface area (Å²) in [6.45, 7) is 6.88. The maximum Gasteiger partial charge on any atom is 0.259 e. The Bertz CT molecular complexity index is 992. The van der Waals surface area contributed by atoms with Gasteiger partial charge in [-0.3, -0.25) is 9.59 Å². The number of rotatable bonds is 6. The Morgan fingerprint density at radius 3 is 2.72 bits per heavy atom. The van der Waals surface area contributed by atoms with Gasteiger partial charge in [-0.15, -0.1) is 0 Å². The van der Waals surface area contributed by atoms with Gasteiger partial charge < -0.3 is 9.80 Å². The predicted molar refractivity (Wildman–Crippen MR) is 118 cm³/mol. The molecule has 0 spiro atoms. The number of fused-ring (bicyclic) bond motifs is 2. The fourth-order valence-electron chi connectivity index (χ4n) is 4.62. The number of benzene rings is 2. The summed E-state index contributed by atoms with van der Waals surface area (Å²) in [5.41, 5.74) is 5.09. The number of nitrogens with zero attached hydrogens (tertiary/aromatic N) is 2. The minimum absolute atomic E-state index is 0.0633. The van der Waals surface area contributed by atoms with Gasteiger partial charge >= 0.3 is 0 Å². The SMILES string of the molecule is CCCN(C)CCC1CN(C(=O)c2cccc3c2C(=O)C=C3C)c2ccccc21. The molecule has 0 saturated carbocycles. The van der Waals surface area contributed by atoms with E-state index in [0.717, 1.165) is 42.8 Å². The van der Waals surface area contributed by atoms with Crippen LogP contribution < -0.4 is 4.90 Å². The lowest BCUT2D eigenvalue weighted by Gasteiger charge is -2.21. The van der Waals surface area contributed by atoms with Gasteiger partial charge in [0.25, 0.3) is 5.91 Å². The van der Waals surface area contributed by atoms with Crippen LogP contribution in [0.2, 0.25) is 0 Å². The van der Waals surface area contributed by atoms with Crippen molar-refractivity contribution < 1.29 is 9.59 Å². The molecule has 1 heterocycles. The molecule has 150 valence electrons. The Hall–Kier alpha value is -2.72. The zero-order valence-corrected chi connectivity index (χ0v) is 17.4. The van der Waals surface area contributed by atoms with Crippen molar-refractivity contribution in [1.82, 2.24) is 4.90 Å². The molecule has 1 unspecified atom stereocenters. The van der Waals surface area contributed by atoms with Crippen molar-refractivity contribution in [3.63, 3.8) is 0 Å². The Balaban J connectivity index is 1.62. The summed E-state index contributed by atoms with van der Waals surface area (Å²) in [6, 6.07) is 13.8. The van der Waals surface area contributed by atoms with Gasteiger partial charge in [-0.25, -0.2) is 0 Å². The van der Waals surface area contributed by atoms with E-state index in [2.05, 4.69) is 24.9 Å². The van der Waals surface area contributed by atoms with Crippen molar-refractivity contribution in [1.29, 1.82) is 0 Å². The minimum Gasteiger partial charge on any atom is -0.307 e. The first-order chi connectivity index (χ1) is 14.0. The summed E-state index contributed by atoms with van der Waals surface area (Å²) in [5.74, 6) is 0.184. The van der Waals surface area contributed by atoms with Gasteiger partial charge in [0, 0.05) is 23.7 Å². The summed E-state index contributed by atoms with van der Waals surface area (Å²) in [7, 11) is 2.15. The predicted octanol–water partition coefficient (Wildman–Crippen LogP) is 4.76. The van der Waals surface area contributed by atoms with E-state index < -0.39 is 0 Å². The fourth-order valence-corrected chi connectivity index (χ4v) is 4.62. The zero-order valence-electron chi connectivity index (χ0n) is 17.4. The first kappa shape index (κ1) is 19.6. The number of hydrogen-bond donors (Lipinski definition) is 0. The largest absolute Gasteiger partial charge is 0.307 e. The van der Waals surface area contributed by atoms with Crippen LogP contribution in [0.1, 0.15) is 64.4 Å². The van der Waals surface area contributed by atoms with Gasteiger partial charge in [-0.1, -0.05) is 37.3 Å². The molecule has 2 aromatic carbocycles. The summed E-state index contributed by atoms with van der Waals surface area (Å²) in [6.07, 6.45) is 3.79. The molecule has 0 bridgehead atoms. The van der Waals surface area contributed by atoms with Gasteiger partial charge in [0.15, 0.2) is 5.78 Å². The highest BCUT2D eigenvalue weighted by Crippen LogP contribution is 2.40. The molecule has 1 atom stereocenters. The van der Waals surface area contributed by atoms with Crippen LogP contribution in [-0.2, 0) is 0 Å². The lowest BCUT2D eigenvalue weighted by Crippen LogP contribution is -2.31. The number of allylic oxidation sites excluding steroid dienone is 2. The van der Waals surface area contributed by atoms with Crippen LogP contribution in [0, 0.1) is 0 Å². The number of ketones is 1. The average Bonchev–Trinajstić information content (AvgIpc) is 3.24. The smallest absolute Gasteiger partial charge is 0.259 e. The van der Waals surface area contributed by atoms with Crippen LogP contribution in [0.3, 0.4) is 0 Å². The Morgan fingerprint density at radius 1 is 1.14 bits per heavy atom. The molecule has 0 radical (unpaired) electrons. The van der Waals surface area contributed by atoms with E-state index in [1.165, 1.54) is 5.56 Å². The van der Waals surface area contributed by atoms with Crippen LogP contribution in [0.25, 0.3) is 5.57 Å². The molecule has 0 saturated heterocycles. The highest BCUT2D eigenvalue weighted by Gasteiger charge is 2.35. The molecule has 2 aromatic rings. The third-order valence-corrected chi connectivity index (χ3v) is 6.09. The maximum atomic E-state index is 13.5. The van der Waals surface area contributed by atoms with Gasteiger partial charge in [0.1, 0.15) is 0 Å². The first-order valence-corrected chi connectivity index (χ1v) is 10.5. The fraction of sp³-hybridized carbons (Fsp3) is 0.360. The topological polar surface area (TPSA) is 40.6 Å². The monoisotopic (exact) mass is 388 g/mol. The Labute approximate surface area is 172 Å². The van der Waals surface area contributed by atoms with Crippen molar-refractivity contribution >= 4 is 23.0 Å². The average molecular weight is 389 g/mol. The van der Waals surface area contributed by atoms with Crippen molar-refractivity contribution in [3.8, 4) is 0 Å². The number of hydrogen-bond acceptors (Lipinski definition) is 3. The molecule has 2 aliphatic rings. The van der Waals surface area contributed by atoms with Crippen LogP contribution >= 0.6 is 0 Å².